The predicted molar refractivity (Wildman–Crippen MR) is 81.6 cm³/mol. The molecule has 0 bridgehead atoms. The number of benzene rings is 1. The van der Waals surface area contributed by atoms with Crippen LogP contribution < -0.4 is 5.73 Å². The average molecular weight is 299 g/mol. The van der Waals surface area contributed by atoms with Gasteiger partial charge in [-0.2, -0.15) is 0 Å². The SMILES string of the molecule is CC(N)C(=O)N1CCC(C(O)c2ccccc2)CC1.Cl. The molecule has 0 radical (unpaired) electrons. The van der Waals surface area contributed by atoms with Crippen LogP contribution in [0.3, 0.4) is 0 Å². The van der Waals surface area contributed by atoms with Crippen LogP contribution >= 0.6 is 12.4 Å². The number of carbonyl (C=O) groups excluding carboxylic acids is 1. The minimum Gasteiger partial charge on any atom is -0.388 e. The highest BCUT2D eigenvalue weighted by Crippen LogP contribution is 2.30. The smallest absolute Gasteiger partial charge is 0.239 e. The Balaban J connectivity index is 0.00000200. The number of carbonyl (C=O) groups is 1. The lowest BCUT2D eigenvalue weighted by atomic mass is 9.87. The molecule has 20 heavy (non-hydrogen) atoms. The summed E-state index contributed by atoms with van der Waals surface area (Å²) < 4.78 is 0. The first-order chi connectivity index (χ1) is 9.09. The van der Waals surface area contributed by atoms with E-state index in [-0.39, 0.29) is 24.2 Å². The third-order valence-corrected chi connectivity index (χ3v) is 3.83. The van der Waals surface area contributed by atoms with Gasteiger partial charge in [0.25, 0.3) is 0 Å². The van der Waals surface area contributed by atoms with Crippen LogP contribution in [0.15, 0.2) is 30.3 Å². The number of aliphatic hydroxyl groups excluding tert-OH is 1. The molecule has 112 valence electrons. The van der Waals surface area contributed by atoms with Crippen molar-refractivity contribution in [1.29, 1.82) is 0 Å². The van der Waals surface area contributed by atoms with E-state index >= 15 is 0 Å². The number of halogens is 1. The van der Waals surface area contributed by atoms with E-state index in [1.807, 2.05) is 30.3 Å². The number of nitrogens with two attached hydrogens (primary N) is 1. The maximum Gasteiger partial charge on any atom is 0.239 e. The second-order valence-electron chi connectivity index (χ2n) is 5.31. The molecule has 0 spiro atoms. The molecule has 5 heteroatoms. The fraction of sp³-hybridized carbons (Fsp3) is 0.533. The quantitative estimate of drug-likeness (QED) is 0.893. The van der Waals surface area contributed by atoms with Crippen molar-refractivity contribution < 1.29 is 9.90 Å². The predicted octanol–water partition coefficient (Wildman–Crippen LogP) is 1.73. The Morgan fingerprint density at radius 1 is 1.30 bits per heavy atom. The summed E-state index contributed by atoms with van der Waals surface area (Å²) in [6.07, 6.45) is 1.22. The third-order valence-electron chi connectivity index (χ3n) is 3.83. The number of nitrogens with zero attached hydrogens (tertiary/aromatic N) is 1. The second kappa shape index (κ2) is 7.62. The Morgan fingerprint density at radius 2 is 1.85 bits per heavy atom. The van der Waals surface area contributed by atoms with Crippen LogP contribution in [0.25, 0.3) is 0 Å². The normalized spacial score (nSPS) is 19.1. The molecule has 0 saturated carbocycles. The molecule has 2 atom stereocenters. The molecule has 2 unspecified atom stereocenters. The highest BCUT2D eigenvalue weighted by Gasteiger charge is 2.28. The molecule has 4 nitrogen and oxygen atoms in total. The first kappa shape index (κ1) is 17.0. The van der Waals surface area contributed by atoms with Crippen LogP contribution in [0.4, 0.5) is 0 Å². The van der Waals surface area contributed by atoms with E-state index < -0.39 is 12.1 Å². The summed E-state index contributed by atoms with van der Waals surface area (Å²) in [5.41, 5.74) is 6.57. The van der Waals surface area contributed by atoms with Crippen molar-refractivity contribution in [3.8, 4) is 0 Å². The summed E-state index contributed by atoms with van der Waals surface area (Å²) in [5.74, 6) is 0.229. The third kappa shape index (κ3) is 3.95. The molecular weight excluding hydrogens is 276 g/mol. The van der Waals surface area contributed by atoms with Gasteiger partial charge in [0.2, 0.25) is 5.91 Å². The van der Waals surface area contributed by atoms with Crippen LogP contribution in [0.1, 0.15) is 31.4 Å². The molecular formula is C15H23ClN2O2. The molecule has 1 aromatic rings. The standard InChI is InChI=1S/C15H22N2O2.ClH/c1-11(16)15(19)17-9-7-13(8-10-17)14(18)12-5-3-2-4-6-12;/h2-6,11,13-14,18H,7-10,16H2,1H3;1H. The molecule has 1 aromatic carbocycles. The zero-order valence-corrected chi connectivity index (χ0v) is 12.6. The van der Waals surface area contributed by atoms with Gasteiger partial charge in [0.05, 0.1) is 12.1 Å². The lowest BCUT2D eigenvalue weighted by Gasteiger charge is -2.35. The summed E-state index contributed by atoms with van der Waals surface area (Å²) in [6.45, 7) is 3.09. The maximum atomic E-state index is 11.8. The van der Waals surface area contributed by atoms with Crippen LogP contribution in [0, 0.1) is 5.92 Å². The van der Waals surface area contributed by atoms with Gasteiger partial charge < -0.3 is 15.7 Å². The van der Waals surface area contributed by atoms with Crippen molar-refractivity contribution in [2.45, 2.75) is 31.9 Å². The summed E-state index contributed by atoms with van der Waals surface area (Å²) >= 11 is 0. The molecule has 1 saturated heterocycles. The Hall–Kier alpha value is -1.10. The monoisotopic (exact) mass is 298 g/mol. The Labute approximate surface area is 126 Å². The van der Waals surface area contributed by atoms with E-state index in [0.717, 1.165) is 18.4 Å². The molecule has 1 fully saturated rings. The van der Waals surface area contributed by atoms with Gasteiger partial charge in [-0.3, -0.25) is 4.79 Å². The highest BCUT2D eigenvalue weighted by atomic mass is 35.5. The average Bonchev–Trinajstić information content (AvgIpc) is 2.46. The van der Waals surface area contributed by atoms with Gasteiger partial charge in [-0.15, -0.1) is 12.4 Å². The van der Waals surface area contributed by atoms with E-state index in [2.05, 4.69) is 0 Å². The number of piperidine rings is 1. The number of aliphatic hydroxyl groups is 1. The molecule has 0 aliphatic carbocycles. The van der Waals surface area contributed by atoms with E-state index in [1.165, 1.54) is 0 Å². The molecule has 0 aromatic heterocycles. The number of hydrogen-bond acceptors (Lipinski definition) is 3. The van der Waals surface area contributed by atoms with Gasteiger partial charge >= 0.3 is 0 Å². The van der Waals surface area contributed by atoms with E-state index in [1.54, 1.807) is 11.8 Å². The molecule has 3 N–H and O–H groups in total. The van der Waals surface area contributed by atoms with Crippen molar-refractivity contribution in [1.82, 2.24) is 4.90 Å². The number of amides is 1. The van der Waals surface area contributed by atoms with Crippen LogP contribution in [-0.4, -0.2) is 35.0 Å². The van der Waals surface area contributed by atoms with E-state index in [9.17, 15) is 9.90 Å². The largest absolute Gasteiger partial charge is 0.388 e. The van der Waals surface area contributed by atoms with Gasteiger partial charge in [0, 0.05) is 13.1 Å². The molecule has 1 aliphatic rings. The number of hydrogen-bond donors (Lipinski definition) is 2. The zero-order valence-electron chi connectivity index (χ0n) is 11.7. The van der Waals surface area contributed by atoms with Crippen molar-refractivity contribution in [3.63, 3.8) is 0 Å². The number of rotatable bonds is 3. The fourth-order valence-electron chi connectivity index (χ4n) is 2.65. The molecule has 1 aliphatic heterocycles. The van der Waals surface area contributed by atoms with Gasteiger partial charge in [-0.1, -0.05) is 30.3 Å². The van der Waals surface area contributed by atoms with Gasteiger partial charge in [-0.25, -0.2) is 0 Å². The summed E-state index contributed by atoms with van der Waals surface area (Å²) in [5, 5.41) is 10.4. The molecule has 1 amide bonds. The minimum atomic E-state index is -0.436. The summed E-state index contributed by atoms with van der Waals surface area (Å²) in [4.78, 5) is 13.6. The maximum absolute atomic E-state index is 11.8. The molecule has 2 rings (SSSR count). The number of likely N-dealkylation sites (tertiary alicyclic amines) is 1. The van der Waals surface area contributed by atoms with Crippen molar-refractivity contribution in [2.75, 3.05) is 13.1 Å². The van der Waals surface area contributed by atoms with Crippen LogP contribution in [-0.2, 0) is 4.79 Å². The zero-order chi connectivity index (χ0) is 13.8. The Bertz CT molecular complexity index is 417. The summed E-state index contributed by atoms with van der Waals surface area (Å²) in [7, 11) is 0. The van der Waals surface area contributed by atoms with E-state index in [0.29, 0.717) is 13.1 Å². The van der Waals surface area contributed by atoms with Crippen molar-refractivity contribution in [3.05, 3.63) is 35.9 Å². The van der Waals surface area contributed by atoms with Crippen LogP contribution in [0.5, 0.6) is 0 Å². The van der Waals surface area contributed by atoms with E-state index in [4.69, 9.17) is 5.73 Å². The van der Waals surface area contributed by atoms with Crippen LogP contribution in [0.2, 0.25) is 0 Å². The second-order valence-corrected chi connectivity index (χ2v) is 5.31. The first-order valence-corrected chi connectivity index (χ1v) is 6.87. The summed E-state index contributed by atoms with van der Waals surface area (Å²) in [6, 6.07) is 9.28. The lowest BCUT2D eigenvalue weighted by molar-refractivity contribution is -0.134. The van der Waals surface area contributed by atoms with Gasteiger partial charge in [0.1, 0.15) is 0 Å². The Kier molecular flexibility index (Phi) is 6.46. The van der Waals surface area contributed by atoms with Crippen molar-refractivity contribution in [2.24, 2.45) is 11.7 Å². The lowest BCUT2D eigenvalue weighted by Crippen LogP contribution is -2.46. The van der Waals surface area contributed by atoms with Crippen molar-refractivity contribution >= 4 is 18.3 Å². The minimum absolute atomic E-state index is 0. The van der Waals surface area contributed by atoms with Gasteiger partial charge in [0.15, 0.2) is 0 Å². The topological polar surface area (TPSA) is 66.6 Å². The van der Waals surface area contributed by atoms with Gasteiger partial charge in [-0.05, 0) is 31.2 Å². The fourth-order valence-corrected chi connectivity index (χ4v) is 2.65. The highest BCUT2D eigenvalue weighted by molar-refractivity contribution is 5.85. The first-order valence-electron chi connectivity index (χ1n) is 6.87. The Morgan fingerprint density at radius 3 is 2.35 bits per heavy atom. The molecule has 1 heterocycles.